The van der Waals surface area contributed by atoms with Crippen molar-refractivity contribution < 1.29 is 14.8 Å². The lowest BCUT2D eigenvalue weighted by atomic mass is 9.99. The van der Waals surface area contributed by atoms with Gasteiger partial charge in [0.1, 0.15) is 5.56 Å². The molecule has 2 N–H and O–H groups in total. The maximum atomic E-state index is 12.2. The van der Waals surface area contributed by atoms with Gasteiger partial charge in [-0.05, 0) is 32.8 Å². The summed E-state index contributed by atoms with van der Waals surface area (Å²) in [6, 6.07) is 4.50. The molecule has 1 rings (SSSR count). The van der Waals surface area contributed by atoms with Crippen LogP contribution in [0, 0.1) is 17.0 Å². The van der Waals surface area contributed by atoms with E-state index in [0.717, 1.165) is 0 Å². The number of nitrogens with zero attached hydrogens (tertiary/aromatic N) is 1. The third-order valence-corrected chi connectivity index (χ3v) is 2.86. The van der Waals surface area contributed by atoms with Crippen LogP contribution in [-0.2, 0) is 0 Å². The first-order valence-corrected chi connectivity index (χ1v) is 5.96. The predicted octanol–water partition coefficient (Wildman–Crippen LogP) is 1.79. The molecule has 0 atom stereocenters. The minimum Gasteiger partial charge on any atom is -0.396 e. The number of nitro benzene ring substituents is 1. The average molecular weight is 266 g/mol. The van der Waals surface area contributed by atoms with E-state index in [1.807, 2.05) is 0 Å². The Balaban J connectivity index is 3.10. The normalized spacial score (nSPS) is 11.2. The van der Waals surface area contributed by atoms with E-state index in [4.69, 9.17) is 5.11 Å². The van der Waals surface area contributed by atoms with E-state index < -0.39 is 16.4 Å². The topological polar surface area (TPSA) is 92.5 Å². The summed E-state index contributed by atoms with van der Waals surface area (Å²) in [7, 11) is 0. The van der Waals surface area contributed by atoms with Gasteiger partial charge in [0.2, 0.25) is 0 Å². The summed E-state index contributed by atoms with van der Waals surface area (Å²) in [5.41, 5.74) is -0.218. The van der Waals surface area contributed by atoms with Gasteiger partial charge < -0.3 is 10.4 Å². The van der Waals surface area contributed by atoms with Crippen LogP contribution in [0.1, 0.15) is 36.2 Å². The zero-order chi connectivity index (χ0) is 14.6. The van der Waals surface area contributed by atoms with E-state index in [1.54, 1.807) is 32.9 Å². The van der Waals surface area contributed by atoms with E-state index in [1.165, 1.54) is 6.07 Å². The first kappa shape index (κ1) is 15.1. The fourth-order valence-electron chi connectivity index (χ4n) is 1.81. The highest BCUT2D eigenvalue weighted by Crippen LogP contribution is 2.22. The van der Waals surface area contributed by atoms with Crippen molar-refractivity contribution in [3.63, 3.8) is 0 Å². The molecule has 0 saturated heterocycles. The minimum absolute atomic E-state index is 0.0663. The van der Waals surface area contributed by atoms with Crippen LogP contribution in [-0.4, -0.2) is 28.1 Å². The first-order valence-electron chi connectivity index (χ1n) is 5.96. The van der Waals surface area contributed by atoms with Crippen LogP contribution >= 0.6 is 0 Å². The van der Waals surface area contributed by atoms with Crippen LogP contribution in [0.15, 0.2) is 18.2 Å². The molecule has 0 unspecified atom stereocenters. The molecule has 6 heteroatoms. The van der Waals surface area contributed by atoms with Crippen LogP contribution in [0.3, 0.4) is 0 Å². The molecule has 0 aliphatic carbocycles. The van der Waals surface area contributed by atoms with Crippen molar-refractivity contribution in [3.05, 3.63) is 39.4 Å². The lowest BCUT2D eigenvalue weighted by Crippen LogP contribution is -2.44. The summed E-state index contributed by atoms with van der Waals surface area (Å²) in [5, 5.41) is 22.6. The van der Waals surface area contributed by atoms with Crippen molar-refractivity contribution in [2.24, 2.45) is 0 Å². The molecule has 0 bridgehead atoms. The highest BCUT2D eigenvalue weighted by Gasteiger charge is 2.27. The molecule has 0 spiro atoms. The van der Waals surface area contributed by atoms with Crippen LogP contribution < -0.4 is 5.32 Å². The van der Waals surface area contributed by atoms with Gasteiger partial charge in [-0.25, -0.2) is 0 Å². The monoisotopic (exact) mass is 266 g/mol. The first-order chi connectivity index (χ1) is 8.78. The number of aliphatic hydroxyl groups is 1. The van der Waals surface area contributed by atoms with E-state index in [9.17, 15) is 14.9 Å². The maximum Gasteiger partial charge on any atom is 0.282 e. The van der Waals surface area contributed by atoms with Gasteiger partial charge in [0.25, 0.3) is 11.6 Å². The van der Waals surface area contributed by atoms with Gasteiger partial charge >= 0.3 is 0 Å². The largest absolute Gasteiger partial charge is 0.396 e. The Morgan fingerprint density at radius 2 is 2.11 bits per heavy atom. The summed E-state index contributed by atoms with van der Waals surface area (Å²) in [6.45, 7) is 5.10. The standard InChI is InChI=1S/C13H18N2O4/c1-9-5-4-6-10(15(18)19)11(9)12(17)14-13(2,3)7-8-16/h4-6,16H,7-8H2,1-3H3,(H,14,17). The summed E-state index contributed by atoms with van der Waals surface area (Å²) >= 11 is 0. The molecular formula is C13H18N2O4. The Bertz CT molecular complexity index is 497. The zero-order valence-electron chi connectivity index (χ0n) is 11.3. The highest BCUT2D eigenvalue weighted by atomic mass is 16.6. The van der Waals surface area contributed by atoms with Gasteiger partial charge in [0.15, 0.2) is 0 Å². The van der Waals surface area contributed by atoms with Gasteiger partial charge in [-0.15, -0.1) is 0 Å². The van der Waals surface area contributed by atoms with E-state index in [2.05, 4.69) is 5.32 Å². The number of nitrogens with one attached hydrogen (secondary N) is 1. The number of aryl methyl sites for hydroxylation is 1. The lowest BCUT2D eigenvalue weighted by Gasteiger charge is -2.25. The Kier molecular flexibility index (Phi) is 4.61. The van der Waals surface area contributed by atoms with Crippen molar-refractivity contribution in [3.8, 4) is 0 Å². The molecule has 1 aromatic carbocycles. The van der Waals surface area contributed by atoms with Crippen molar-refractivity contribution in [1.82, 2.24) is 5.32 Å². The van der Waals surface area contributed by atoms with Crippen LogP contribution in [0.25, 0.3) is 0 Å². The van der Waals surface area contributed by atoms with E-state index in [-0.39, 0.29) is 17.9 Å². The van der Waals surface area contributed by atoms with Crippen molar-refractivity contribution in [2.45, 2.75) is 32.7 Å². The molecule has 6 nitrogen and oxygen atoms in total. The number of carbonyl (C=O) groups excluding carboxylic acids is 1. The highest BCUT2D eigenvalue weighted by molar-refractivity contribution is 5.99. The SMILES string of the molecule is Cc1cccc([N+](=O)[O-])c1C(=O)NC(C)(C)CCO. The average Bonchev–Trinajstić information content (AvgIpc) is 2.27. The maximum absolute atomic E-state index is 12.2. The van der Waals surface area contributed by atoms with Gasteiger partial charge in [-0.3, -0.25) is 14.9 Å². The molecule has 0 saturated carbocycles. The van der Waals surface area contributed by atoms with Crippen molar-refractivity contribution >= 4 is 11.6 Å². The van der Waals surface area contributed by atoms with Crippen LogP contribution in [0.4, 0.5) is 5.69 Å². The summed E-state index contributed by atoms with van der Waals surface area (Å²) in [5.74, 6) is -0.497. The number of aliphatic hydroxyl groups excluding tert-OH is 1. The molecular weight excluding hydrogens is 248 g/mol. The number of rotatable bonds is 5. The molecule has 0 fully saturated rings. The number of hydrogen-bond donors (Lipinski definition) is 2. The Morgan fingerprint density at radius 1 is 1.47 bits per heavy atom. The molecule has 0 heterocycles. The quantitative estimate of drug-likeness (QED) is 0.627. The third-order valence-electron chi connectivity index (χ3n) is 2.86. The molecule has 1 aromatic rings. The molecule has 0 aliphatic rings. The Hall–Kier alpha value is -1.95. The van der Waals surface area contributed by atoms with Crippen molar-refractivity contribution in [2.75, 3.05) is 6.61 Å². The number of benzene rings is 1. The number of hydrogen-bond acceptors (Lipinski definition) is 4. The number of nitro groups is 1. The zero-order valence-corrected chi connectivity index (χ0v) is 11.3. The van der Waals surface area contributed by atoms with Gasteiger partial charge in [0, 0.05) is 18.2 Å². The fourth-order valence-corrected chi connectivity index (χ4v) is 1.81. The molecule has 0 radical (unpaired) electrons. The molecule has 1 amide bonds. The fraction of sp³-hybridized carbons (Fsp3) is 0.462. The third kappa shape index (κ3) is 3.75. The van der Waals surface area contributed by atoms with Crippen LogP contribution in [0.5, 0.6) is 0 Å². The second-order valence-electron chi connectivity index (χ2n) is 5.04. The predicted molar refractivity (Wildman–Crippen MR) is 71.1 cm³/mol. The Labute approximate surface area is 111 Å². The van der Waals surface area contributed by atoms with Crippen LogP contribution in [0.2, 0.25) is 0 Å². The second kappa shape index (κ2) is 5.79. The Morgan fingerprint density at radius 3 is 2.63 bits per heavy atom. The van der Waals surface area contributed by atoms with Gasteiger partial charge in [-0.1, -0.05) is 12.1 Å². The van der Waals surface area contributed by atoms with E-state index in [0.29, 0.717) is 12.0 Å². The smallest absolute Gasteiger partial charge is 0.282 e. The number of amides is 1. The van der Waals surface area contributed by atoms with Gasteiger partial charge in [-0.2, -0.15) is 0 Å². The second-order valence-corrected chi connectivity index (χ2v) is 5.04. The molecule has 104 valence electrons. The summed E-state index contributed by atoms with van der Waals surface area (Å²) in [4.78, 5) is 22.6. The minimum atomic E-state index is -0.623. The number of carbonyl (C=O) groups is 1. The van der Waals surface area contributed by atoms with Crippen molar-refractivity contribution in [1.29, 1.82) is 0 Å². The summed E-state index contributed by atoms with van der Waals surface area (Å²) in [6.07, 6.45) is 0.373. The van der Waals surface area contributed by atoms with E-state index >= 15 is 0 Å². The molecule has 19 heavy (non-hydrogen) atoms. The molecule has 0 aliphatic heterocycles. The summed E-state index contributed by atoms with van der Waals surface area (Å²) < 4.78 is 0. The molecule has 0 aromatic heterocycles. The van der Waals surface area contributed by atoms with Gasteiger partial charge in [0.05, 0.1) is 4.92 Å². The lowest BCUT2D eigenvalue weighted by molar-refractivity contribution is -0.385.